The zero-order chi connectivity index (χ0) is 15.6. The van der Waals surface area contributed by atoms with Gasteiger partial charge in [-0.2, -0.15) is 0 Å². The molecular formula is C9H14BrN3O5S2. The molecule has 0 aromatic heterocycles. The van der Waals surface area contributed by atoms with Crippen LogP contribution in [-0.4, -0.2) is 36.2 Å². The number of nitrogens with one attached hydrogen (secondary N) is 1. The molecule has 0 fully saturated rings. The average molecular weight is 388 g/mol. The summed E-state index contributed by atoms with van der Waals surface area (Å²) in [4.78, 5) is -0.185. The molecule has 1 aromatic rings. The van der Waals surface area contributed by atoms with Gasteiger partial charge in [-0.3, -0.25) is 0 Å². The number of ether oxygens (including phenoxy) is 1. The van der Waals surface area contributed by atoms with E-state index in [4.69, 9.17) is 15.6 Å². The molecule has 0 bridgehead atoms. The van der Waals surface area contributed by atoms with Gasteiger partial charge in [-0.15, -0.1) is 0 Å². The minimum atomic E-state index is -3.96. The van der Waals surface area contributed by atoms with Crippen LogP contribution in [-0.2, 0) is 20.0 Å². The van der Waals surface area contributed by atoms with Crippen molar-refractivity contribution in [2.75, 3.05) is 25.1 Å². The molecule has 0 unspecified atom stereocenters. The lowest BCUT2D eigenvalue weighted by Gasteiger charge is -2.12. The highest BCUT2D eigenvalue weighted by Gasteiger charge is 2.21. The van der Waals surface area contributed by atoms with E-state index in [1.165, 1.54) is 19.2 Å². The third kappa shape index (κ3) is 4.59. The van der Waals surface area contributed by atoms with Crippen molar-refractivity contribution in [3.05, 3.63) is 16.6 Å². The van der Waals surface area contributed by atoms with Gasteiger partial charge >= 0.3 is 0 Å². The van der Waals surface area contributed by atoms with Gasteiger partial charge in [0, 0.05) is 16.7 Å². The first-order valence-electron chi connectivity index (χ1n) is 5.20. The van der Waals surface area contributed by atoms with Gasteiger partial charge in [-0.05, 0) is 28.1 Å². The molecule has 0 atom stereocenters. The Hall–Kier alpha value is -0.880. The smallest absolute Gasteiger partial charge is 0.244 e. The summed E-state index contributed by atoms with van der Waals surface area (Å²) in [5.41, 5.74) is 5.83. The Kier molecular flexibility index (Phi) is 5.38. The van der Waals surface area contributed by atoms with Gasteiger partial charge in [0.1, 0.15) is 10.6 Å². The summed E-state index contributed by atoms with van der Waals surface area (Å²) in [5, 5.41) is 4.79. The Morgan fingerprint density at radius 2 is 1.90 bits per heavy atom. The topological polar surface area (TPSA) is 142 Å². The van der Waals surface area contributed by atoms with Crippen LogP contribution < -0.4 is 20.3 Å². The van der Waals surface area contributed by atoms with E-state index in [2.05, 4.69) is 20.7 Å². The molecule has 1 rings (SSSR count). The van der Waals surface area contributed by atoms with Crippen molar-refractivity contribution in [1.29, 1.82) is 0 Å². The lowest BCUT2D eigenvalue weighted by molar-refractivity contribution is 0.402. The van der Waals surface area contributed by atoms with Crippen molar-refractivity contribution in [2.24, 2.45) is 5.14 Å². The molecule has 0 radical (unpaired) electrons. The Balaban J connectivity index is 3.06. The van der Waals surface area contributed by atoms with Gasteiger partial charge in [0.25, 0.3) is 0 Å². The highest BCUT2D eigenvalue weighted by atomic mass is 79.9. The summed E-state index contributed by atoms with van der Waals surface area (Å²) in [7, 11) is -6.40. The van der Waals surface area contributed by atoms with Gasteiger partial charge in [-0.25, -0.2) is 26.7 Å². The zero-order valence-electron chi connectivity index (χ0n) is 10.5. The van der Waals surface area contributed by atoms with Crippen LogP contribution in [0.1, 0.15) is 0 Å². The summed E-state index contributed by atoms with van der Waals surface area (Å²) < 4.78 is 53.2. The lowest BCUT2D eigenvalue weighted by atomic mass is 10.3. The Bertz CT molecular complexity index is 703. The molecule has 0 heterocycles. The van der Waals surface area contributed by atoms with Crippen LogP contribution in [0.25, 0.3) is 0 Å². The fourth-order valence-corrected chi connectivity index (χ4v) is 3.37. The molecule has 5 N–H and O–H groups in total. The predicted molar refractivity (Wildman–Crippen MR) is 78.3 cm³/mol. The molecule has 114 valence electrons. The maximum Gasteiger partial charge on any atom is 0.244 e. The number of hydrogen-bond acceptors (Lipinski definition) is 6. The number of nitrogens with two attached hydrogens (primary N) is 2. The van der Waals surface area contributed by atoms with Gasteiger partial charge in [-0.1, -0.05) is 0 Å². The predicted octanol–water partition coefficient (Wildman–Crippen LogP) is -0.393. The molecular weight excluding hydrogens is 374 g/mol. The molecule has 0 saturated carbocycles. The number of sulfonamides is 2. The normalized spacial score (nSPS) is 12.3. The molecule has 0 amide bonds. The third-order valence-corrected chi connectivity index (χ3v) is 5.19. The molecule has 0 saturated heterocycles. The fraction of sp³-hybridized carbons (Fsp3) is 0.333. The standard InChI is InChI=1S/C9H14BrN3O5S2/c1-18-8-4-6(10)7(11)5-9(8)20(16,17)13-2-3-19(12,14)15/h4-5,13H,2-3,11H2,1H3,(H2,12,14,15). The number of hydrogen-bond donors (Lipinski definition) is 3. The summed E-state index contributed by atoms with van der Waals surface area (Å²) in [6.45, 7) is -0.347. The second kappa shape index (κ2) is 6.26. The first-order valence-corrected chi connectivity index (χ1v) is 9.19. The minimum Gasteiger partial charge on any atom is -0.495 e. The van der Waals surface area contributed by atoms with Crippen molar-refractivity contribution in [2.45, 2.75) is 4.90 Å². The van der Waals surface area contributed by atoms with Gasteiger partial charge in [0.2, 0.25) is 20.0 Å². The van der Waals surface area contributed by atoms with E-state index in [9.17, 15) is 16.8 Å². The molecule has 1 aromatic carbocycles. The van der Waals surface area contributed by atoms with Crippen LogP contribution >= 0.6 is 15.9 Å². The average Bonchev–Trinajstić information content (AvgIpc) is 2.29. The van der Waals surface area contributed by atoms with Crippen LogP contribution in [0.2, 0.25) is 0 Å². The van der Waals surface area contributed by atoms with E-state index >= 15 is 0 Å². The maximum atomic E-state index is 12.1. The fourth-order valence-electron chi connectivity index (χ4n) is 1.32. The Labute approximate surface area is 125 Å². The molecule has 20 heavy (non-hydrogen) atoms. The van der Waals surface area contributed by atoms with E-state index in [1.54, 1.807) is 0 Å². The molecule has 0 aliphatic heterocycles. The number of nitrogen functional groups attached to an aromatic ring is 1. The number of benzene rings is 1. The van der Waals surface area contributed by atoms with Crippen molar-refractivity contribution in [3.63, 3.8) is 0 Å². The molecule has 0 spiro atoms. The first kappa shape index (κ1) is 17.2. The minimum absolute atomic E-state index is 0.0779. The molecule has 11 heteroatoms. The summed E-state index contributed by atoms with van der Waals surface area (Å²) in [5.74, 6) is -0.435. The van der Waals surface area contributed by atoms with Gasteiger partial charge in [0.15, 0.2) is 0 Å². The van der Waals surface area contributed by atoms with Crippen LogP contribution in [0, 0.1) is 0 Å². The Morgan fingerprint density at radius 3 is 2.40 bits per heavy atom. The second-order valence-corrected chi connectivity index (χ2v) is 8.11. The van der Waals surface area contributed by atoms with E-state index in [1.807, 2.05) is 0 Å². The van der Waals surface area contributed by atoms with E-state index in [0.29, 0.717) is 4.47 Å². The monoisotopic (exact) mass is 387 g/mol. The number of primary sulfonamides is 1. The van der Waals surface area contributed by atoms with E-state index in [-0.39, 0.29) is 22.9 Å². The SMILES string of the molecule is COc1cc(Br)c(N)cc1S(=O)(=O)NCCS(N)(=O)=O. The van der Waals surface area contributed by atoms with Crippen molar-refractivity contribution in [3.8, 4) is 5.75 Å². The van der Waals surface area contributed by atoms with Gasteiger partial charge < -0.3 is 10.5 Å². The first-order chi connectivity index (χ1) is 9.07. The van der Waals surface area contributed by atoms with Crippen LogP contribution in [0.4, 0.5) is 5.69 Å². The van der Waals surface area contributed by atoms with Crippen molar-refractivity contribution in [1.82, 2.24) is 4.72 Å². The van der Waals surface area contributed by atoms with Crippen molar-refractivity contribution < 1.29 is 21.6 Å². The van der Waals surface area contributed by atoms with Crippen LogP contribution in [0.5, 0.6) is 5.75 Å². The number of rotatable bonds is 6. The van der Waals surface area contributed by atoms with Crippen LogP contribution in [0.15, 0.2) is 21.5 Å². The largest absolute Gasteiger partial charge is 0.495 e. The van der Waals surface area contributed by atoms with E-state index in [0.717, 1.165) is 0 Å². The van der Waals surface area contributed by atoms with Crippen molar-refractivity contribution >= 4 is 41.7 Å². The molecule has 0 aliphatic carbocycles. The second-order valence-electron chi connectivity index (χ2n) is 3.79. The summed E-state index contributed by atoms with van der Waals surface area (Å²) >= 11 is 3.15. The van der Waals surface area contributed by atoms with Gasteiger partial charge in [0.05, 0.1) is 12.9 Å². The van der Waals surface area contributed by atoms with Crippen LogP contribution in [0.3, 0.4) is 0 Å². The quantitative estimate of drug-likeness (QED) is 0.567. The van der Waals surface area contributed by atoms with E-state index < -0.39 is 25.8 Å². The summed E-state index contributed by atoms with van der Waals surface area (Å²) in [6.07, 6.45) is 0. The number of halogens is 1. The summed E-state index contributed by atoms with van der Waals surface area (Å²) in [6, 6.07) is 2.62. The number of anilines is 1. The highest BCUT2D eigenvalue weighted by molar-refractivity contribution is 9.10. The molecule has 0 aliphatic rings. The number of methoxy groups -OCH3 is 1. The third-order valence-electron chi connectivity index (χ3n) is 2.25. The Morgan fingerprint density at radius 1 is 1.30 bits per heavy atom. The maximum absolute atomic E-state index is 12.1. The molecule has 8 nitrogen and oxygen atoms in total. The highest BCUT2D eigenvalue weighted by Crippen LogP contribution is 2.32. The lowest BCUT2D eigenvalue weighted by Crippen LogP contribution is -2.31. The zero-order valence-corrected chi connectivity index (χ0v) is 13.7.